The van der Waals surface area contributed by atoms with Crippen LogP contribution >= 0.6 is 0 Å². The van der Waals surface area contributed by atoms with Gasteiger partial charge in [0.2, 0.25) is 0 Å². The maximum Gasteiger partial charge on any atom is 0.180 e. The molecule has 0 N–H and O–H groups in total. The van der Waals surface area contributed by atoms with Crippen LogP contribution in [0.4, 0.5) is 0 Å². The van der Waals surface area contributed by atoms with Crippen molar-refractivity contribution >= 4 is 0 Å². The highest BCUT2D eigenvalue weighted by atomic mass is 16.5. The monoisotopic (exact) mass is 153 g/mol. The fourth-order valence-electron chi connectivity index (χ4n) is 1.40. The van der Waals surface area contributed by atoms with Crippen LogP contribution < -0.4 is 0 Å². The molecule has 0 unspecified atom stereocenters. The Morgan fingerprint density at radius 2 is 2.45 bits per heavy atom. The van der Waals surface area contributed by atoms with E-state index in [1.165, 1.54) is 6.39 Å². The Morgan fingerprint density at radius 3 is 3.00 bits per heavy atom. The molecule has 3 nitrogen and oxygen atoms in total. The van der Waals surface area contributed by atoms with Crippen molar-refractivity contribution in [2.75, 3.05) is 0 Å². The maximum absolute atomic E-state index is 5.57. The number of nitrogens with zero attached hydrogens (tertiary/aromatic N) is 1. The van der Waals surface area contributed by atoms with Gasteiger partial charge in [-0.05, 0) is 19.8 Å². The summed E-state index contributed by atoms with van der Waals surface area (Å²) in [5, 5.41) is 0. The molecule has 0 saturated carbocycles. The highest BCUT2D eigenvalue weighted by Gasteiger charge is 2.25. The van der Waals surface area contributed by atoms with Crippen LogP contribution in [0, 0.1) is 0 Å². The molecule has 0 aliphatic carbocycles. The molecular formula is C8H11NO2. The average Bonchev–Trinajstić information content (AvgIpc) is 2.55. The second kappa shape index (κ2) is 2.66. The van der Waals surface area contributed by atoms with Crippen molar-refractivity contribution in [1.29, 1.82) is 0 Å². The lowest BCUT2D eigenvalue weighted by Crippen LogP contribution is -1.99. The normalized spacial score (nSPS) is 31.0. The first-order valence-electron chi connectivity index (χ1n) is 3.90. The number of aromatic nitrogens is 1. The van der Waals surface area contributed by atoms with Gasteiger partial charge in [0, 0.05) is 0 Å². The summed E-state index contributed by atoms with van der Waals surface area (Å²) in [4.78, 5) is 3.85. The first-order valence-corrected chi connectivity index (χ1v) is 3.90. The first kappa shape index (κ1) is 6.85. The molecule has 60 valence electrons. The van der Waals surface area contributed by atoms with Gasteiger partial charge in [-0.15, -0.1) is 0 Å². The molecule has 1 aliphatic heterocycles. The first-order chi connectivity index (χ1) is 5.36. The van der Waals surface area contributed by atoms with E-state index in [9.17, 15) is 0 Å². The van der Waals surface area contributed by atoms with Crippen LogP contribution in [-0.2, 0) is 4.74 Å². The lowest BCUT2D eigenvalue weighted by Gasteiger charge is -2.05. The van der Waals surface area contributed by atoms with E-state index in [2.05, 4.69) is 11.9 Å². The van der Waals surface area contributed by atoms with Crippen LogP contribution in [0.5, 0.6) is 0 Å². The van der Waals surface area contributed by atoms with Crippen molar-refractivity contribution < 1.29 is 9.15 Å². The van der Waals surface area contributed by atoms with E-state index in [0.29, 0.717) is 6.10 Å². The fraction of sp³-hybridized carbons (Fsp3) is 0.625. The van der Waals surface area contributed by atoms with Crippen LogP contribution in [0.1, 0.15) is 31.6 Å². The number of rotatable bonds is 1. The predicted octanol–water partition coefficient (Wildman–Crippen LogP) is 1.91. The fourth-order valence-corrected chi connectivity index (χ4v) is 1.40. The highest BCUT2D eigenvalue weighted by molar-refractivity contribution is 4.96. The zero-order valence-electron chi connectivity index (χ0n) is 6.49. The molecule has 0 bridgehead atoms. The Morgan fingerprint density at radius 1 is 1.55 bits per heavy atom. The molecule has 1 aromatic rings. The van der Waals surface area contributed by atoms with E-state index in [1.807, 2.05) is 0 Å². The van der Waals surface area contributed by atoms with E-state index in [-0.39, 0.29) is 6.10 Å². The smallest absolute Gasteiger partial charge is 0.180 e. The Labute approximate surface area is 65.4 Å². The van der Waals surface area contributed by atoms with E-state index in [4.69, 9.17) is 9.15 Å². The maximum atomic E-state index is 5.57. The van der Waals surface area contributed by atoms with Gasteiger partial charge in [0.1, 0.15) is 6.10 Å². The zero-order valence-corrected chi connectivity index (χ0v) is 6.49. The van der Waals surface area contributed by atoms with Gasteiger partial charge in [0.25, 0.3) is 0 Å². The van der Waals surface area contributed by atoms with Gasteiger partial charge in [0.05, 0.1) is 12.3 Å². The summed E-state index contributed by atoms with van der Waals surface area (Å²) in [6.07, 6.45) is 5.85. The molecule has 2 rings (SSSR count). The van der Waals surface area contributed by atoms with Crippen molar-refractivity contribution in [2.45, 2.75) is 32.0 Å². The van der Waals surface area contributed by atoms with Crippen LogP contribution in [0.2, 0.25) is 0 Å². The molecule has 1 aromatic heterocycles. The minimum atomic E-state index is 0.146. The van der Waals surface area contributed by atoms with Crippen LogP contribution in [-0.4, -0.2) is 11.1 Å². The molecule has 1 saturated heterocycles. The van der Waals surface area contributed by atoms with Crippen molar-refractivity contribution in [3.63, 3.8) is 0 Å². The van der Waals surface area contributed by atoms with E-state index >= 15 is 0 Å². The SMILES string of the molecule is C[C@H]1CC[C@H](c2cnco2)O1. The van der Waals surface area contributed by atoms with Gasteiger partial charge < -0.3 is 9.15 Å². The number of hydrogen-bond donors (Lipinski definition) is 0. The Hall–Kier alpha value is -0.830. The van der Waals surface area contributed by atoms with Gasteiger partial charge in [-0.25, -0.2) is 4.98 Å². The third-order valence-corrected chi connectivity index (χ3v) is 2.00. The Bertz CT molecular complexity index is 220. The van der Waals surface area contributed by atoms with Gasteiger partial charge in [-0.3, -0.25) is 0 Å². The van der Waals surface area contributed by atoms with Gasteiger partial charge in [0.15, 0.2) is 12.2 Å². The van der Waals surface area contributed by atoms with Crippen LogP contribution in [0.25, 0.3) is 0 Å². The third-order valence-electron chi connectivity index (χ3n) is 2.00. The largest absolute Gasteiger partial charge is 0.446 e. The molecule has 3 heteroatoms. The van der Waals surface area contributed by atoms with E-state index < -0.39 is 0 Å². The van der Waals surface area contributed by atoms with Crippen molar-refractivity contribution in [2.24, 2.45) is 0 Å². The summed E-state index contributed by atoms with van der Waals surface area (Å²) in [6, 6.07) is 0. The lowest BCUT2D eigenvalue weighted by atomic mass is 10.2. The molecular weight excluding hydrogens is 142 g/mol. The highest BCUT2D eigenvalue weighted by Crippen LogP contribution is 2.31. The minimum absolute atomic E-state index is 0.146. The Balaban J connectivity index is 2.08. The molecule has 1 aliphatic rings. The summed E-state index contributed by atoms with van der Waals surface area (Å²) >= 11 is 0. The second-order valence-corrected chi connectivity index (χ2v) is 2.92. The average molecular weight is 153 g/mol. The van der Waals surface area contributed by atoms with Crippen molar-refractivity contribution in [1.82, 2.24) is 4.98 Å². The molecule has 0 spiro atoms. The molecule has 0 aromatic carbocycles. The van der Waals surface area contributed by atoms with Gasteiger partial charge >= 0.3 is 0 Å². The minimum Gasteiger partial charge on any atom is -0.446 e. The summed E-state index contributed by atoms with van der Waals surface area (Å²) in [5.41, 5.74) is 0. The molecule has 11 heavy (non-hydrogen) atoms. The summed E-state index contributed by atoms with van der Waals surface area (Å²) in [5.74, 6) is 0.856. The number of ether oxygens (including phenoxy) is 1. The van der Waals surface area contributed by atoms with E-state index in [0.717, 1.165) is 18.6 Å². The molecule has 2 atom stereocenters. The standard InChI is InChI=1S/C8H11NO2/c1-6-2-3-7(11-6)8-4-9-5-10-8/h4-7H,2-3H2,1H3/t6-,7+/m0/s1. The number of hydrogen-bond acceptors (Lipinski definition) is 3. The number of oxazole rings is 1. The quantitative estimate of drug-likeness (QED) is 0.618. The van der Waals surface area contributed by atoms with Crippen molar-refractivity contribution in [3.8, 4) is 0 Å². The third kappa shape index (κ3) is 1.28. The molecule has 2 heterocycles. The molecule has 0 radical (unpaired) electrons. The van der Waals surface area contributed by atoms with Crippen LogP contribution in [0.3, 0.4) is 0 Å². The van der Waals surface area contributed by atoms with Crippen molar-refractivity contribution in [3.05, 3.63) is 18.4 Å². The topological polar surface area (TPSA) is 35.3 Å². The molecule has 0 amide bonds. The summed E-state index contributed by atoms with van der Waals surface area (Å²) in [7, 11) is 0. The summed E-state index contributed by atoms with van der Waals surface area (Å²) in [6.45, 7) is 2.08. The zero-order chi connectivity index (χ0) is 7.68. The predicted molar refractivity (Wildman–Crippen MR) is 39.0 cm³/mol. The lowest BCUT2D eigenvalue weighted by molar-refractivity contribution is 0.0424. The second-order valence-electron chi connectivity index (χ2n) is 2.92. The Kier molecular flexibility index (Phi) is 1.66. The van der Waals surface area contributed by atoms with Gasteiger partial charge in [-0.2, -0.15) is 0 Å². The van der Waals surface area contributed by atoms with E-state index in [1.54, 1.807) is 6.20 Å². The van der Waals surface area contributed by atoms with Gasteiger partial charge in [-0.1, -0.05) is 0 Å². The van der Waals surface area contributed by atoms with Crippen LogP contribution in [0.15, 0.2) is 17.0 Å². The molecule has 1 fully saturated rings. The summed E-state index contributed by atoms with van der Waals surface area (Å²) < 4.78 is 10.7.